The molecular weight excluding hydrogens is 451 g/mol. The molecule has 3 heterocycles. The molecule has 2 aromatic carbocycles. The van der Waals surface area contributed by atoms with Gasteiger partial charge in [0.2, 0.25) is 0 Å². The van der Waals surface area contributed by atoms with Crippen LogP contribution < -0.4 is 4.90 Å². The smallest absolute Gasteiger partial charge is 0.269 e. The van der Waals surface area contributed by atoms with Gasteiger partial charge >= 0.3 is 0 Å². The van der Waals surface area contributed by atoms with Gasteiger partial charge in [-0.3, -0.25) is 10.1 Å². The molecule has 34 heavy (non-hydrogen) atoms. The van der Waals surface area contributed by atoms with Crippen molar-refractivity contribution < 1.29 is 9.66 Å². The Morgan fingerprint density at radius 3 is 2.41 bits per heavy atom. The van der Waals surface area contributed by atoms with Gasteiger partial charge < -0.3 is 9.64 Å². The van der Waals surface area contributed by atoms with Crippen LogP contribution in [-0.2, 0) is 10.2 Å². The number of hydrazone groups is 1. The van der Waals surface area contributed by atoms with E-state index in [1.54, 1.807) is 12.1 Å². The summed E-state index contributed by atoms with van der Waals surface area (Å²) in [4.78, 5) is 13.1. The summed E-state index contributed by atoms with van der Waals surface area (Å²) < 4.78 is 15.4. The first-order chi connectivity index (χ1) is 16.3. The van der Waals surface area contributed by atoms with Gasteiger partial charge in [-0.2, -0.15) is 5.10 Å². The van der Waals surface area contributed by atoms with E-state index in [4.69, 9.17) is 14.6 Å². The molecule has 0 saturated carbocycles. The molecule has 0 bridgehead atoms. The second-order valence-electron chi connectivity index (χ2n) is 9.18. The molecule has 0 radical (unpaired) electrons. The van der Waals surface area contributed by atoms with Gasteiger partial charge in [0, 0.05) is 56.1 Å². The third kappa shape index (κ3) is 3.38. The van der Waals surface area contributed by atoms with Gasteiger partial charge in [-0.1, -0.05) is 32.0 Å². The number of nitro groups is 1. The van der Waals surface area contributed by atoms with Crippen LogP contribution in [0.2, 0.25) is 0 Å². The first-order valence-corrected chi connectivity index (χ1v) is 13.0. The number of fused-ring (bicyclic) bond motifs is 1. The summed E-state index contributed by atoms with van der Waals surface area (Å²) in [6.07, 6.45) is 1.97. The fourth-order valence-electron chi connectivity index (χ4n) is 5.25. The molecule has 0 aromatic heterocycles. The Bertz CT molecular complexity index is 1250. The average molecular weight is 481 g/mol. The molecule has 5 rings (SSSR count). The number of morpholine rings is 1. The number of hydrogen-bond acceptors (Lipinski definition) is 6. The van der Waals surface area contributed by atoms with Crippen molar-refractivity contribution in [1.82, 2.24) is 9.45 Å². The van der Waals surface area contributed by atoms with E-state index >= 15 is 0 Å². The van der Waals surface area contributed by atoms with E-state index in [-0.39, 0.29) is 16.0 Å². The number of anilines is 1. The molecule has 0 spiro atoms. The van der Waals surface area contributed by atoms with Crippen LogP contribution in [-0.4, -0.2) is 61.0 Å². The van der Waals surface area contributed by atoms with E-state index in [0.29, 0.717) is 18.9 Å². The Balaban J connectivity index is 1.76. The zero-order valence-electron chi connectivity index (χ0n) is 19.9. The summed E-state index contributed by atoms with van der Waals surface area (Å²) in [6, 6.07) is 15.0. The third-order valence-corrected chi connectivity index (χ3v) is 10.5. The van der Waals surface area contributed by atoms with Crippen LogP contribution in [0, 0.1) is 10.1 Å². The highest BCUT2D eigenvalue weighted by molar-refractivity contribution is 7.67. The number of allylic oxidation sites excluding steroid dienone is 2. The molecule has 2 aromatic rings. The van der Waals surface area contributed by atoms with Crippen molar-refractivity contribution in [2.75, 3.05) is 45.3 Å². The van der Waals surface area contributed by atoms with Gasteiger partial charge in [-0.05, 0) is 23.8 Å². The van der Waals surface area contributed by atoms with E-state index in [1.807, 2.05) is 18.0 Å². The summed E-state index contributed by atoms with van der Waals surface area (Å²) >= 11 is 0. The molecule has 178 valence electrons. The minimum Gasteiger partial charge on any atom is -0.379 e. The lowest BCUT2D eigenvalue weighted by Gasteiger charge is -2.41. The Morgan fingerprint density at radius 1 is 1.09 bits per heavy atom. The van der Waals surface area contributed by atoms with Crippen molar-refractivity contribution in [2.24, 2.45) is 9.85 Å². The normalized spacial score (nSPS) is 26.1. The summed E-state index contributed by atoms with van der Waals surface area (Å²) in [5.74, 6) is 0. The van der Waals surface area contributed by atoms with E-state index in [0.717, 1.165) is 18.4 Å². The quantitative estimate of drug-likeness (QED) is 0.343. The summed E-state index contributed by atoms with van der Waals surface area (Å²) in [6.45, 7) is 7.26. The van der Waals surface area contributed by atoms with E-state index in [1.165, 1.54) is 29.1 Å². The van der Waals surface area contributed by atoms with Crippen LogP contribution in [0.4, 0.5) is 17.1 Å². The standard InChI is InChI=1S/C24H29N6O3P/c1-24(2)20-7-5-6-8-21(20)27(3)23(24)22-17-25-28(4)34(22,29-13-15-33-16-14-29)26-18-9-11-19(12-10-18)30(31)32/h5-12,17H,13-16H2,1-4H3. The molecule has 10 heteroatoms. The predicted octanol–water partition coefficient (Wildman–Crippen LogP) is 5.16. The molecule has 1 saturated heterocycles. The van der Waals surface area contributed by atoms with Gasteiger partial charge in [0.25, 0.3) is 5.69 Å². The lowest BCUT2D eigenvalue weighted by molar-refractivity contribution is -0.384. The van der Waals surface area contributed by atoms with Crippen molar-refractivity contribution in [3.8, 4) is 0 Å². The fourth-order valence-corrected chi connectivity index (χ4v) is 8.89. The molecule has 3 aliphatic rings. The topological polar surface area (TPSA) is 86.8 Å². The number of nitrogens with zero attached hydrogens (tertiary/aromatic N) is 6. The van der Waals surface area contributed by atoms with Gasteiger partial charge in [0.15, 0.2) is 7.36 Å². The first kappa shape index (κ1) is 22.8. The zero-order chi connectivity index (χ0) is 24.1. The van der Waals surface area contributed by atoms with E-state index < -0.39 is 7.36 Å². The Morgan fingerprint density at radius 2 is 1.76 bits per heavy atom. The van der Waals surface area contributed by atoms with Crippen molar-refractivity contribution >= 4 is 30.6 Å². The number of para-hydroxylation sites is 1. The second-order valence-corrected chi connectivity index (χ2v) is 12.1. The fraction of sp³-hybridized carbons (Fsp3) is 0.375. The molecule has 0 aliphatic carbocycles. The number of likely N-dealkylation sites (N-methyl/N-ethyl adjacent to an activating group) is 1. The van der Waals surface area contributed by atoms with Gasteiger partial charge in [-0.15, -0.1) is 0 Å². The number of benzene rings is 2. The third-order valence-electron chi connectivity index (χ3n) is 6.88. The summed E-state index contributed by atoms with van der Waals surface area (Å²) in [5, 5.41) is 17.1. The Hall–Kier alpha value is -3.00. The highest BCUT2D eigenvalue weighted by Crippen LogP contribution is 2.69. The number of nitro benzene ring substituents is 1. The van der Waals surface area contributed by atoms with Crippen LogP contribution >= 0.6 is 7.36 Å². The molecule has 1 unspecified atom stereocenters. The van der Waals surface area contributed by atoms with Crippen LogP contribution in [0.3, 0.4) is 0 Å². The molecule has 3 aliphatic heterocycles. The molecule has 1 fully saturated rings. The maximum Gasteiger partial charge on any atom is 0.269 e. The number of ether oxygens (including phenoxy) is 1. The van der Waals surface area contributed by atoms with E-state index in [2.05, 4.69) is 54.7 Å². The van der Waals surface area contributed by atoms with Crippen LogP contribution in [0.15, 0.2) is 69.4 Å². The second kappa shape index (κ2) is 8.34. The highest BCUT2D eigenvalue weighted by atomic mass is 31.2. The van der Waals surface area contributed by atoms with Gasteiger partial charge in [-0.25, -0.2) is 14.2 Å². The van der Waals surface area contributed by atoms with Crippen molar-refractivity contribution in [3.63, 3.8) is 0 Å². The predicted molar refractivity (Wildman–Crippen MR) is 136 cm³/mol. The minimum atomic E-state index is -2.52. The summed E-state index contributed by atoms with van der Waals surface area (Å²) in [7, 11) is 1.57. The van der Waals surface area contributed by atoms with Crippen LogP contribution in [0.5, 0.6) is 0 Å². The van der Waals surface area contributed by atoms with E-state index in [9.17, 15) is 10.1 Å². The summed E-state index contributed by atoms with van der Waals surface area (Å²) in [5.41, 5.74) is 4.18. The molecular formula is C24H29N6O3P. The monoisotopic (exact) mass is 480 g/mol. The van der Waals surface area contributed by atoms with Crippen molar-refractivity contribution in [2.45, 2.75) is 19.3 Å². The minimum absolute atomic E-state index is 0.0550. The molecule has 9 nitrogen and oxygen atoms in total. The molecule has 0 amide bonds. The number of hydrogen-bond donors (Lipinski definition) is 0. The maximum absolute atomic E-state index is 11.2. The average Bonchev–Trinajstić information content (AvgIpc) is 3.25. The van der Waals surface area contributed by atoms with Crippen molar-refractivity contribution in [3.05, 3.63) is 75.2 Å². The van der Waals surface area contributed by atoms with Gasteiger partial charge in [0.05, 0.1) is 35.4 Å². The van der Waals surface area contributed by atoms with Crippen LogP contribution in [0.25, 0.3) is 0 Å². The van der Waals surface area contributed by atoms with Crippen molar-refractivity contribution in [1.29, 1.82) is 0 Å². The Labute approximate surface area is 199 Å². The SMILES string of the molecule is CN1C(=C2C=NN(C)P2(=Nc2ccc([N+](=O)[O-])cc2)N2CCOCC2)C(C)(C)c2ccccc21. The Kier molecular flexibility index (Phi) is 5.59. The lowest BCUT2D eigenvalue weighted by Crippen LogP contribution is -2.37. The number of non-ortho nitro benzene ring substituents is 1. The molecule has 1 atom stereocenters. The highest BCUT2D eigenvalue weighted by Gasteiger charge is 2.48. The van der Waals surface area contributed by atoms with Crippen LogP contribution in [0.1, 0.15) is 19.4 Å². The largest absolute Gasteiger partial charge is 0.379 e. The number of rotatable bonds is 3. The van der Waals surface area contributed by atoms with Gasteiger partial charge in [0.1, 0.15) is 0 Å². The maximum atomic E-state index is 11.2. The molecule has 0 N–H and O–H groups in total. The zero-order valence-corrected chi connectivity index (χ0v) is 20.8. The first-order valence-electron chi connectivity index (χ1n) is 11.3. The lowest BCUT2D eigenvalue weighted by atomic mass is 9.84.